The highest BCUT2D eigenvalue weighted by Gasteiger charge is 2.20. The van der Waals surface area contributed by atoms with Crippen LogP contribution in [0.4, 0.5) is 0 Å². The lowest BCUT2D eigenvalue weighted by molar-refractivity contribution is -0.160. The number of carboxylic acids is 1. The Bertz CT molecular complexity index is 639. The van der Waals surface area contributed by atoms with Crippen LogP contribution in [-0.4, -0.2) is 23.0 Å². The Morgan fingerprint density at radius 2 is 1.61 bits per heavy atom. The molecular weight excluding hydrogens is 236 g/mol. The van der Waals surface area contributed by atoms with Gasteiger partial charge >= 0.3 is 17.9 Å². The summed E-state index contributed by atoms with van der Waals surface area (Å²) in [5.41, 5.74) is 0.155. The minimum Gasteiger partial charge on any atom is -0.473 e. The zero-order valence-corrected chi connectivity index (χ0v) is 9.12. The number of fused-ring (bicyclic) bond motifs is 1. The fraction of sp³-hybridized carbons (Fsp3) is 0. The van der Waals surface area contributed by atoms with Crippen molar-refractivity contribution in [3.63, 3.8) is 0 Å². The number of carboxylic acid groups (broad SMARTS) is 1. The lowest BCUT2D eigenvalue weighted by Gasteiger charge is -2.04. The number of esters is 2. The molecule has 0 amide bonds. The number of carbonyl (C=O) groups excluding carboxylic acids is 2. The van der Waals surface area contributed by atoms with Crippen LogP contribution in [0.15, 0.2) is 42.5 Å². The second-order valence-corrected chi connectivity index (χ2v) is 3.51. The first kappa shape index (κ1) is 11.8. The van der Waals surface area contributed by atoms with E-state index in [9.17, 15) is 14.4 Å². The molecular formula is C13H8O5. The van der Waals surface area contributed by atoms with Gasteiger partial charge in [-0.05, 0) is 16.8 Å². The SMILES string of the molecule is O=C(O)C(=O)OC(=O)c1cccc2ccccc12. The van der Waals surface area contributed by atoms with Gasteiger partial charge in [0.25, 0.3) is 0 Å². The minimum absolute atomic E-state index is 0.155. The van der Waals surface area contributed by atoms with Crippen LogP contribution in [0.5, 0.6) is 0 Å². The smallest absolute Gasteiger partial charge is 0.425 e. The molecule has 0 aliphatic carbocycles. The number of carbonyl (C=O) groups is 3. The summed E-state index contributed by atoms with van der Waals surface area (Å²) >= 11 is 0. The van der Waals surface area contributed by atoms with Crippen molar-refractivity contribution in [3.8, 4) is 0 Å². The highest BCUT2D eigenvalue weighted by Crippen LogP contribution is 2.19. The normalized spacial score (nSPS) is 10.0. The zero-order chi connectivity index (χ0) is 13.1. The van der Waals surface area contributed by atoms with E-state index >= 15 is 0 Å². The van der Waals surface area contributed by atoms with E-state index in [2.05, 4.69) is 4.74 Å². The van der Waals surface area contributed by atoms with Crippen molar-refractivity contribution in [1.29, 1.82) is 0 Å². The highest BCUT2D eigenvalue weighted by atomic mass is 16.6. The van der Waals surface area contributed by atoms with Crippen LogP contribution < -0.4 is 0 Å². The van der Waals surface area contributed by atoms with Crippen LogP contribution >= 0.6 is 0 Å². The van der Waals surface area contributed by atoms with Crippen molar-refractivity contribution in [2.24, 2.45) is 0 Å². The fourth-order valence-electron chi connectivity index (χ4n) is 1.59. The van der Waals surface area contributed by atoms with Gasteiger partial charge in [-0.2, -0.15) is 0 Å². The zero-order valence-electron chi connectivity index (χ0n) is 9.12. The summed E-state index contributed by atoms with van der Waals surface area (Å²) in [6.07, 6.45) is 0. The minimum atomic E-state index is -1.80. The third-order valence-electron chi connectivity index (χ3n) is 2.37. The molecule has 0 atom stereocenters. The van der Waals surface area contributed by atoms with Crippen molar-refractivity contribution in [1.82, 2.24) is 0 Å². The van der Waals surface area contributed by atoms with E-state index in [-0.39, 0.29) is 5.56 Å². The number of rotatable bonds is 1. The van der Waals surface area contributed by atoms with E-state index in [0.717, 1.165) is 5.39 Å². The molecule has 0 aromatic heterocycles. The van der Waals surface area contributed by atoms with Gasteiger partial charge in [0.2, 0.25) is 0 Å². The summed E-state index contributed by atoms with van der Waals surface area (Å²) in [4.78, 5) is 32.8. The largest absolute Gasteiger partial charge is 0.473 e. The molecule has 90 valence electrons. The highest BCUT2D eigenvalue weighted by molar-refractivity contribution is 6.31. The van der Waals surface area contributed by atoms with E-state index in [0.29, 0.717) is 5.39 Å². The number of hydrogen-bond acceptors (Lipinski definition) is 4. The van der Waals surface area contributed by atoms with Crippen LogP contribution in [0, 0.1) is 0 Å². The molecule has 0 aliphatic rings. The molecule has 0 fully saturated rings. The van der Waals surface area contributed by atoms with Crippen LogP contribution in [0.25, 0.3) is 10.8 Å². The summed E-state index contributed by atoms with van der Waals surface area (Å²) in [5.74, 6) is -4.37. The van der Waals surface area contributed by atoms with E-state index in [1.165, 1.54) is 6.07 Å². The van der Waals surface area contributed by atoms with Gasteiger partial charge in [-0.1, -0.05) is 36.4 Å². The number of ether oxygens (including phenoxy) is 1. The molecule has 2 aromatic rings. The Balaban J connectivity index is 2.39. The maximum atomic E-state index is 11.7. The van der Waals surface area contributed by atoms with Crippen molar-refractivity contribution in [3.05, 3.63) is 48.0 Å². The molecule has 0 unspecified atom stereocenters. The topological polar surface area (TPSA) is 80.7 Å². The monoisotopic (exact) mass is 244 g/mol. The lowest BCUT2D eigenvalue weighted by Crippen LogP contribution is -2.20. The second kappa shape index (κ2) is 4.67. The maximum absolute atomic E-state index is 11.7. The third kappa shape index (κ3) is 2.20. The van der Waals surface area contributed by atoms with E-state index in [1.807, 2.05) is 0 Å². The van der Waals surface area contributed by atoms with Gasteiger partial charge in [-0.15, -0.1) is 0 Å². The average molecular weight is 244 g/mol. The number of benzene rings is 2. The Kier molecular flexibility index (Phi) is 3.05. The first-order chi connectivity index (χ1) is 8.59. The average Bonchev–Trinajstić information content (AvgIpc) is 2.37. The summed E-state index contributed by atoms with van der Waals surface area (Å²) < 4.78 is 4.23. The molecule has 0 saturated heterocycles. The molecule has 0 spiro atoms. The van der Waals surface area contributed by atoms with Crippen LogP contribution in [0.2, 0.25) is 0 Å². The van der Waals surface area contributed by atoms with Gasteiger partial charge < -0.3 is 9.84 Å². The van der Waals surface area contributed by atoms with Gasteiger partial charge in [0.1, 0.15) is 0 Å². The van der Waals surface area contributed by atoms with Crippen molar-refractivity contribution < 1.29 is 24.2 Å². The van der Waals surface area contributed by atoms with Gasteiger partial charge in [0, 0.05) is 0 Å². The molecule has 18 heavy (non-hydrogen) atoms. The molecule has 0 saturated carbocycles. The fourth-order valence-corrected chi connectivity index (χ4v) is 1.59. The summed E-state index contributed by atoms with van der Waals surface area (Å²) in [6.45, 7) is 0. The predicted octanol–water partition coefficient (Wildman–Crippen LogP) is 1.61. The van der Waals surface area contributed by atoms with Gasteiger partial charge in [0.15, 0.2) is 0 Å². The van der Waals surface area contributed by atoms with E-state index < -0.39 is 17.9 Å². The Hall–Kier alpha value is -2.69. The van der Waals surface area contributed by atoms with Gasteiger partial charge in [0.05, 0.1) is 5.56 Å². The Labute approximate surface area is 102 Å². The third-order valence-corrected chi connectivity index (χ3v) is 2.37. The molecule has 1 N–H and O–H groups in total. The molecule has 5 nitrogen and oxygen atoms in total. The Morgan fingerprint density at radius 3 is 2.33 bits per heavy atom. The van der Waals surface area contributed by atoms with Crippen molar-refractivity contribution >= 4 is 28.7 Å². The molecule has 0 aliphatic heterocycles. The van der Waals surface area contributed by atoms with E-state index in [4.69, 9.17) is 5.11 Å². The number of hydrogen-bond donors (Lipinski definition) is 1. The van der Waals surface area contributed by atoms with Gasteiger partial charge in [-0.3, -0.25) is 0 Å². The first-order valence-electron chi connectivity index (χ1n) is 5.07. The molecule has 2 rings (SSSR count). The molecule has 0 heterocycles. The molecule has 2 aromatic carbocycles. The first-order valence-corrected chi connectivity index (χ1v) is 5.07. The molecule has 0 bridgehead atoms. The predicted molar refractivity (Wildman–Crippen MR) is 62.0 cm³/mol. The second-order valence-electron chi connectivity index (χ2n) is 3.51. The molecule has 0 radical (unpaired) electrons. The lowest BCUT2D eigenvalue weighted by atomic mass is 10.1. The molecule has 5 heteroatoms. The number of aliphatic carboxylic acids is 1. The summed E-state index contributed by atoms with van der Waals surface area (Å²) in [6, 6.07) is 11.9. The van der Waals surface area contributed by atoms with Crippen molar-refractivity contribution in [2.75, 3.05) is 0 Å². The quantitative estimate of drug-likeness (QED) is 0.468. The summed E-state index contributed by atoms with van der Waals surface area (Å²) in [5, 5.41) is 9.77. The van der Waals surface area contributed by atoms with Crippen LogP contribution in [0.1, 0.15) is 10.4 Å². The van der Waals surface area contributed by atoms with E-state index in [1.54, 1.807) is 36.4 Å². The Morgan fingerprint density at radius 1 is 0.944 bits per heavy atom. The van der Waals surface area contributed by atoms with Crippen molar-refractivity contribution in [2.45, 2.75) is 0 Å². The van der Waals surface area contributed by atoms with Gasteiger partial charge in [-0.25, -0.2) is 14.4 Å². The van der Waals surface area contributed by atoms with Crippen LogP contribution in [0.3, 0.4) is 0 Å². The van der Waals surface area contributed by atoms with Crippen LogP contribution in [-0.2, 0) is 14.3 Å². The maximum Gasteiger partial charge on any atom is 0.425 e. The standard InChI is InChI=1S/C13H8O5/c14-11(15)13(17)18-12(16)10-7-3-5-8-4-1-2-6-9(8)10/h1-7H,(H,14,15). The summed E-state index contributed by atoms with van der Waals surface area (Å²) in [7, 11) is 0.